The second-order valence-corrected chi connectivity index (χ2v) is 4.82. The highest BCUT2D eigenvalue weighted by Crippen LogP contribution is 2.21. The molecule has 0 amide bonds. The number of aromatic nitrogens is 3. The third kappa shape index (κ3) is 2.82. The van der Waals surface area contributed by atoms with Gasteiger partial charge in [-0.1, -0.05) is 0 Å². The maximum atomic E-state index is 13.2. The lowest BCUT2D eigenvalue weighted by Crippen LogP contribution is -2.18. The second-order valence-electron chi connectivity index (χ2n) is 4.82. The Hall–Kier alpha value is -1.89. The fourth-order valence-electron chi connectivity index (χ4n) is 1.96. The molecule has 1 unspecified atom stereocenters. The minimum absolute atomic E-state index is 0.0985. The zero-order valence-electron chi connectivity index (χ0n) is 11.1. The number of nitrogens with two attached hydrogens (primary N) is 1. The molecular formula is C13H15F3N4. The van der Waals surface area contributed by atoms with Crippen LogP contribution in [-0.2, 0) is 6.42 Å². The first-order valence-electron chi connectivity index (χ1n) is 6.18. The molecule has 1 heterocycles. The van der Waals surface area contributed by atoms with Gasteiger partial charge in [-0.3, -0.25) is 0 Å². The van der Waals surface area contributed by atoms with Crippen molar-refractivity contribution in [1.29, 1.82) is 0 Å². The zero-order valence-corrected chi connectivity index (χ0v) is 11.1. The van der Waals surface area contributed by atoms with E-state index in [-0.39, 0.29) is 18.0 Å². The number of benzene rings is 1. The Kier molecular flexibility index (Phi) is 4.08. The first-order valence-corrected chi connectivity index (χ1v) is 6.18. The number of rotatable bonds is 4. The van der Waals surface area contributed by atoms with Crippen molar-refractivity contribution in [2.24, 2.45) is 5.73 Å². The van der Waals surface area contributed by atoms with Gasteiger partial charge in [0.2, 0.25) is 0 Å². The highest BCUT2D eigenvalue weighted by Gasteiger charge is 2.17. The second kappa shape index (κ2) is 5.62. The van der Waals surface area contributed by atoms with E-state index in [1.54, 1.807) is 4.68 Å². The fraction of sp³-hybridized carbons (Fsp3) is 0.385. The van der Waals surface area contributed by atoms with E-state index < -0.39 is 23.5 Å². The van der Waals surface area contributed by atoms with Crippen molar-refractivity contribution in [3.63, 3.8) is 0 Å². The van der Waals surface area contributed by atoms with Gasteiger partial charge in [-0.25, -0.2) is 22.8 Å². The number of hydrogen-bond acceptors (Lipinski definition) is 3. The molecule has 0 radical (unpaired) electrons. The van der Waals surface area contributed by atoms with Gasteiger partial charge in [0.05, 0.1) is 0 Å². The van der Waals surface area contributed by atoms with Crippen LogP contribution in [0.2, 0.25) is 0 Å². The summed E-state index contributed by atoms with van der Waals surface area (Å²) in [7, 11) is 0. The van der Waals surface area contributed by atoms with Gasteiger partial charge in [0.25, 0.3) is 0 Å². The third-order valence-corrected chi connectivity index (χ3v) is 2.97. The van der Waals surface area contributed by atoms with E-state index in [1.807, 2.05) is 13.8 Å². The number of hydrogen-bond donors (Lipinski definition) is 1. The third-order valence-electron chi connectivity index (χ3n) is 2.97. The van der Waals surface area contributed by atoms with E-state index in [2.05, 4.69) is 10.1 Å². The Morgan fingerprint density at radius 3 is 2.35 bits per heavy atom. The SMILES string of the molecule is CC(C)n1ncnc1CC(N)c1cc(F)c(F)c(F)c1. The molecule has 1 aromatic heterocycles. The van der Waals surface area contributed by atoms with Crippen molar-refractivity contribution >= 4 is 0 Å². The van der Waals surface area contributed by atoms with Crippen molar-refractivity contribution in [3.05, 3.63) is 47.3 Å². The van der Waals surface area contributed by atoms with Crippen LogP contribution in [0.25, 0.3) is 0 Å². The molecule has 0 fully saturated rings. The summed E-state index contributed by atoms with van der Waals surface area (Å²) in [6.07, 6.45) is 1.65. The highest BCUT2D eigenvalue weighted by molar-refractivity contribution is 5.23. The summed E-state index contributed by atoms with van der Waals surface area (Å²) in [6, 6.07) is 1.21. The maximum absolute atomic E-state index is 13.2. The summed E-state index contributed by atoms with van der Waals surface area (Å²) >= 11 is 0. The number of halogens is 3. The lowest BCUT2D eigenvalue weighted by molar-refractivity contribution is 0.442. The smallest absolute Gasteiger partial charge is 0.194 e. The Bertz CT molecular complexity index is 586. The van der Waals surface area contributed by atoms with Gasteiger partial charge < -0.3 is 5.73 Å². The summed E-state index contributed by atoms with van der Waals surface area (Å²) < 4.78 is 40.9. The molecule has 0 bridgehead atoms. The number of nitrogens with zero attached hydrogens (tertiary/aromatic N) is 3. The van der Waals surface area contributed by atoms with Gasteiger partial charge in [-0.05, 0) is 31.5 Å². The summed E-state index contributed by atoms with van der Waals surface area (Å²) in [5.74, 6) is -3.38. The molecule has 2 aromatic rings. The molecule has 20 heavy (non-hydrogen) atoms. The van der Waals surface area contributed by atoms with Crippen LogP contribution < -0.4 is 5.73 Å². The molecule has 108 valence electrons. The molecule has 0 saturated carbocycles. The Morgan fingerprint density at radius 1 is 1.20 bits per heavy atom. The molecule has 1 atom stereocenters. The molecule has 0 aliphatic carbocycles. The summed E-state index contributed by atoms with van der Waals surface area (Å²) in [6.45, 7) is 3.86. The highest BCUT2D eigenvalue weighted by atomic mass is 19.2. The first-order chi connectivity index (χ1) is 9.40. The Labute approximate surface area is 114 Å². The van der Waals surface area contributed by atoms with E-state index >= 15 is 0 Å². The van der Waals surface area contributed by atoms with Crippen molar-refractivity contribution in [3.8, 4) is 0 Å². The maximum Gasteiger partial charge on any atom is 0.194 e. The summed E-state index contributed by atoms with van der Waals surface area (Å²) in [5.41, 5.74) is 6.09. The quantitative estimate of drug-likeness (QED) is 0.878. The summed E-state index contributed by atoms with van der Waals surface area (Å²) in [4.78, 5) is 4.08. The Balaban J connectivity index is 2.24. The molecule has 2 N–H and O–H groups in total. The van der Waals surface area contributed by atoms with E-state index in [4.69, 9.17) is 5.73 Å². The van der Waals surface area contributed by atoms with E-state index in [1.165, 1.54) is 6.33 Å². The van der Waals surface area contributed by atoms with Crippen LogP contribution in [0.5, 0.6) is 0 Å². The molecule has 1 aromatic carbocycles. The lowest BCUT2D eigenvalue weighted by atomic mass is 10.0. The van der Waals surface area contributed by atoms with Gasteiger partial charge in [-0.15, -0.1) is 0 Å². The predicted octanol–water partition coefficient (Wildman–Crippen LogP) is 2.52. The molecule has 7 heteroatoms. The van der Waals surface area contributed by atoms with E-state index in [0.717, 1.165) is 12.1 Å². The van der Waals surface area contributed by atoms with Crippen molar-refractivity contribution in [1.82, 2.24) is 14.8 Å². The summed E-state index contributed by atoms with van der Waals surface area (Å²) in [5, 5.41) is 4.05. The van der Waals surface area contributed by atoms with Crippen LogP contribution in [0.15, 0.2) is 18.5 Å². The van der Waals surface area contributed by atoms with E-state index in [0.29, 0.717) is 5.82 Å². The largest absolute Gasteiger partial charge is 0.324 e. The minimum Gasteiger partial charge on any atom is -0.324 e. The zero-order chi connectivity index (χ0) is 14.9. The van der Waals surface area contributed by atoms with Gasteiger partial charge >= 0.3 is 0 Å². The fourth-order valence-corrected chi connectivity index (χ4v) is 1.96. The topological polar surface area (TPSA) is 56.7 Å². The molecule has 2 rings (SSSR count). The predicted molar refractivity (Wildman–Crippen MR) is 67.4 cm³/mol. The Morgan fingerprint density at radius 2 is 1.80 bits per heavy atom. The average Bonchev–Trinajstić information content (AvgIpc) is 2.83. The van der Waals surface area contributed by atoms with Gasteiger partial charge in [-0.2, -0.15) is 5.10 Å². The molecule has 0 spiro atoms. The first kappa shape index (κ1) is 14.5. The van der Waals surface area contributed by atoms with Crippen LogP contribution in [0.1, 0.15) is 37.3 Å². The van der Waals surface area contributed by atoms with Crippen molar-refractivity contribution < 1.29 is 13.2 Å². The van der Waals surface area contributed by atoms with Crippen LogP contribution in [0, 0.1) is 17.5 Å². The van der Waals surface area contributed by atoms with Gasteiger partial charge in [0.1, 0.15) is 12.2 Å². The molecule has 0 aliphatic heterocycles. The molecular weight excluding hydrogens is 269 g/mol. The molecule has 4 nitrogen and oxygen atoms in total. The van der Waals surface area contributed by atoms with Gasteiger partial charge in [0, 0.05) is 18.5 Å². The standard InChI is InChI=1S/C13H15F3N4/c1-7(2)20-12(18-6-19-20)5-11(17)8-3-9(14)13(16)10(15)4-8/h3-4,6-7,11H,5,17H2,1-2H3. The molecule has 0 saturated heterocycles. The van der Waals surface area contributed by atoms with Gasteiger partial charge in [0.15, 0.2) is 17.5 Å². The normalized spacial score (nSPS) is 12.9. The van der Waals surface area contributed by atoms with Crippen LogP contribution in [-0.4, -0.2) is 14.8 Å². The lowest BCUT2D eigenvalue weighted by Gasteiger charge is -2.14. The van der Waals surface area contributed by atoms with E-state index in [9.17, 15) is 13.2 Å². The van der Waals surface area contributed by atoms with Crippen molar-refractivity contribution in [2.75, 3.05) is 0 Å². The molecule has 0 aliphatic rings. The van der Waals surface area contributed by atoms with Crippen LogP contribution in [0.3, 0.4) is 0 Å². The van der Waals surface area contributed by atoms with Crippen molar-refractivity contribution in [2.45, 2.75) is 32.4 Å². The average molecular weight is 284 g/mol. The monoisotopic (exact) mass is 284 g/mol. The van der Waals surface area contributed by atoms with Crippen LogP contribution in [0.4, 0.5) is 13.2 Å². The minimum atomic E-state index is -1.49. The van der Waals surface area contributed by atoms with Crippen LogP contribution >= 0.6 is 0 Å².